The van der Waals surface area contributed by atoms with Crippen LogP contribution >= 0.6 is 15.9 Å². The monoisotopic (exact) mass is 356 g/mol. The van der Waals surface area contributed by atoms with E-state index >= 15 is 0 Å². The van der Waals surface area contributed by atoms with Gasteiger partial charge in [0, 0.05) is 43.0 Å². The Balaban J connectivity index is 1.91. The number of methoxy groups -OCH3 is 2. The molecule has 0 aliphatic carbocycles. The van der Waals surface area contributed by atoms with E-state index in [2.05, 4.69) is 26.1 Å². The first kappa shape index (κ1) is 14.8. The van der Waals surface area contributed by atoms with Gasteiger partial charge in [-0.1, -0.05) is 0 Å². The van der Waals surface area contributed by atoms with Crippen LogP contribution in [0.2, 0.25) is 0 Å². The Kier molecular flexibility index (Phi) is 3.92. The molecule has 114 valence electrons. The van der Waals surface area contributed by atoms with E-state index in [9.17, 15) is 9.90 Å². The quantitative estimate of drug-likeness (QED) is 0.853. The zero-order chi connectivity index (χ0) is 15.1. The molecular weight excluding hydrogens is 340 g/mol. The summed E-state index contributed by atoms with van der Waals surface area (Å²) < 4.78 is 11.7. The molecule has 0 saturated carbocycles. The smallest absolute Gasteiger partial charge is 0.257 e. The number of nitrogens with one attached hydrogen (secondary N) is 1. The first-order valence-corrected chi connectivity index (χ1v) is 7.47. The van der Waals surface area contributed by atoms with E-state index in [1.807, 2.05) is 6.07 Å². The van der Waals surface area contributed by atoms with Crippen LogP contribution in [0.1, 0.15) is 11.7 Å². The maximum atomic E-state index is 11.5. The molecule has 21 heavy (non-hydrogen) atoms. The number of ether oxygens (including phenoxy) is 2. The van der Waals surface area contributed by atoms with E-state index in [0.29, 0.717) is 24.3 Å². The number of aliphatic hydroxyl groups excluding tert-OH is 1. The molecule has 1 aromatic carbocycles. The molecule has 2 aliphatic rings. The van der Waals surface area contributed by atoms with Crippen molar-refractivity contribution in [3.63, 3.8) is 0 Å². The van der Waals surface area contributed by atoms with Crippen molar-refractivity contribution in [2.24, 2.45) is 0 Å². The number of nitrogens with zero attached hydrogens (tertiary/aromatic N) is 1. The number of amides is 1. The summed E-state index contributed by atoms with van der Waals surface area (Å²) in [6, 6.07) is 3.66. The second-order valence-electron chi connectivity index (χ2n) is 5.24. The SMILES string of the molecule is COC1CN(c2cc3c(cc2Br)C(O)C(=O)N3)CC1OC. The van der Waals surface area contributed by atoms with Crippen molar-refractivity contribution in [1.29, 1.82) is 0 Å². The highest BCUT2D eigenvalue weighted by molar-refractivity contribution is 9.10. The summed E-state index contributed by atoms with van der Waals surface area (Å²) in [5, 5.41) is 12.5. The van der Waals surface area contributed by atoms with Gasteiger partial charge in [0.1, 0.15) is 12.2 Å². The molecule has 2 N–H and O–H groups in total. The van der Waals surface area contributed by atoms with Crippen molar-refractivity contribution in [1.82, 2.24) is 0 Å². The molecule has 0 aromatic heterocycles. The molecule has 3 rings (SSSR count). The van der Waals surface area contributed by atoms with Crippen LogP contribution in [-0.4, -0.2) is 50.5 Å². The first-order valence-electron chi connectivity index (χ1n) is 6.68. The summed E-state index contributed by atoms with van der Waals surface area (Å²) in [4.78, 5) is 13.7. The van der Waals surface area contributed by atoms with Crippen molar-refractivity contribution in [3.8, 4) is 0 Å². The molecule has 3 atom stereocenters. The summed E-state index contributed by atoms with van der Waals surface area (Å²) in [5.74, 6) is -0.389. The van der Waals surface area contributed by atoms with E-state index in [1.54, 1.807) is 20.3 Å². The molecule has 6 nitrogen and oxygen atoms in total. The molecular formula is C14H17BrN2O4. The molecule has 2 aliphatic heterocycles. The number of aliphatic hydroxyl groups is 1. The van der Waals surface area contributed by atoms with E-state index < -0.39 is 6.10 Å². The van der Waals surface area contributed by atoms with Gasteiger partial charge < -0.3 is 24.8 Å². The Hall–Kier alpha value is -1.15. The number of rotatable bonds is 3. The molecule has 0 spiro atoms. The summed E-state index contributed by atoms with van der Waals surface area (Å²) >= 11 is 3.52. The van der Waals surface area contributed by atoms with E-state index in [1.165, 1.54) is 0 Å². The van der Waals surface area contributed by atoms with Gasteiger partial charge in [0.2, 0.25) is 0 Å². The fourth-order valence-electron chi connectivity index (χ4n) is 2.89. The summed E-state index contributed by atoms with van der Waals surface area (Å²) in [7, 11) is 3.35. The van der Waals surface area contributed by atoms with Crippen molar-refractivity contribution in [3.05, 3.63) is 22.2 Å². The second kappa shape index (κ2) is 5.57. The van der Waals surface area contributed by atoms with Gasteiger partial charge in [-0.25, -0.2) is 0 Å². The van der Waals surface area contributed by atoms with Crippen LogP contribution in [-0.2, 0) is 14.3 Å². The lowest BCUT2D eigenvalue weighted by atomic mass is 10.1. The average Bonchev–Trinajstić information content (AvgIpc) is 3.01. The highest BCUT2D eigenvalue weighted by atomic mass is 79.9. The topological polar surface area (TPSA) is 71.0 Å². The number of hydrogen-bond donors (Lipinski definition) is 2. The molecule has 0 radical (unpaired) electrons. The number of hydrogen-bond acceptors (Lipinski definition) is 5. The molecule has 1 aromatic rings. The van der Waals surface area contributed by atoms with Crippen molar-refractivity contribution in [2.45, 2.75) is 18.3 Å². The third kappa shape index (κ3) is 2.44. The van der Waals surface area contributed by atoms with E-state index in [4.69, 9.17) is 9.47 Å². The molecule has 2 heterocycles. The standard InChI is InChI=1S/C14H17BrN2O4/c1-20-11-5-17(6-12(11)21-2)10-4-9-7(3-8(10)15)13(18)14(19)16-9/h3-4,11-13,18H,5-6H2,1-2H3,(H,16,19). The van der Waals surface area contributed by atoms with E-state index in [0.717, 1.165) is 10.2 Å². The third-order valence-electron chi connectivity index (χ3n) is 4.08. The van der Waals surface area contributed by atoms with Crippen LogP contribution in [0.4, 0.5) is 11.4 Å². The van der Waals surface area contributed by atoms with Gasteiger partial charge in [0.15, 0.2) is 6.10 Å². The van der Waals surface area contributed by atoms with Crippen LogP contribution < -0.4 is 10.2 Å². The fourth-order valence-corrected chi connectivity index (χ4v) is 3.50. The minimum Gasteiger partial charge on any atom is -0.378 e. The Morgan fingerprint density at radius 3 is 2.48 bits per heavy atom. The highest BCUT2D eigenvalue weighted by Gasteiger charge is 2.35. The van der Waals surface area contributed by atoms with Gasteiger partial charge in [-0.2, -0.15) is 0 Å². The van der Waals surface area contributed by atoms with Crippen LogP contribution in [0, 0.1) is 0 Å². The molecule has 0 bridgehead atoms. The number of halogens is 1. The van der Waals surface area contributed by atoms with Gasteiger partial charge >= 0.3 is 0 Å². The van der Waals surface area contributed by atoms with Gasteiger partial charge in [-0.15, -0.1) is 0 Å². The Morgan fingerprint density at radius 2 is 1.90 bits per heavy atom. The Morgan fingerprint density at radius 1 is 1.29 bits per heavy atom. The predicted octanol–water partition coefficient (Wildman–Crippen LogP) is 1.28. The van der Waals surface area contributed by atoms with Gasteiger partial charge in [0.25, 0.3) is 5.91 Å². The zero-order valence-electron chi connectivity index (χ0n) is 11.8. The average molecular weight is 357 g/mol. The number of carbonyl (C=O) groups excluding carboxylic acids is 1. The molecule has 7 heteroatoms. The number of anilines is 2. The number of benzene rings is 1. The minimum atomic E-state index is -1.10. The fraction of sp³-hybridized carbons (Fsp3) is 0.500. The third-order valence-corrected chi connectivity index (χ3v) is 4.72. The number of fused-ring (bicyclic) bond motifs is 1. The maximum absolute atomic E-state index is 11.5. The van der Waals surface area contributed by atoms with E-state index in [-0.39, 0.29) is 18.1 Å². The zero-order valence-corrected chi connectivity index (χ0v) is 13.4. The van der Waals surface area contributed by atoms with Crippen molar-refractivity contribution in [2.75, 3.05) is 37.5 Å². The van der Waals surface area contributed by atoms with Gasteiger partial charge in [-0.3, -0.25) is 4.79 Å². The molecule has 1 saturated heterocycles. The number of carbonyl (C=O) groups is 1. The highest BCUT2D eigenvalue weighted by Crippen LogP contribution is 2.40. The maximum Gasteiger partial charge on any atom is 0.257 e. The van der Waals surface area contributed by atoms with Crippen LogP contribution in [0.3, 0.4) is 0 Å². The molecule has 3 unspecified atom stereocenters. The first-order chi connectivity index (χ1) is 10.0. The van der Waals surface area contributed by atoms with Crippen LogP contribution in [0.5, 0.6) is 0 Å². The largest absolute Gasteiger partial charge is 0.378 e. The molecule has 1 amide bonds. The van der Waals surface area contributed by atoms with Gasteiger partial charge in [0.05, 0.1) is 5.69 Å². The Labute approximate surface area is 131 Å². The summed E-state index contributed by atoms with van der Waals surface area (Å²) in [6.07, 6.45) is -1.08. The van der Waals surface area contributed by atoms with Crippen molar-refractivity contribution >= 4 is 33.2 Å². The lowest BCUT2D eigenvalue weighted by molar-refractivity contribution is -0.123. The normalized spacial score (nSPS) is 27.9. The van der Waals surface area contributed by atoms with Crippen LogP contribution in [0.15, 0.2) is 16.6 Å². The summed E-state index contributed by atoms with van der Waals surface area (Å²) in [5.41, 5.74) is 2.20. The van der Waals surface area contributed by atoms with Crippen LogP contribution in [0.25, 0.3) is 0 Å². The second-order valence-corrected chi connectivity index (χ2v) is 6.09. The summed E-state index contributed by atoms with van der Waals surface area (Å²) in [6.45, 7) is 1.42. The Bertz CT molecular complexity index is 568. The minimum absolute atomic E-state index is 0.00957. The van der Waals surface area contributed by atoms with Crippen molar-refractivity contribution < 1.29 is 19.4 Å². The lowest BCUT2D eigenvalue weighted by Gasteiger charge is -2.21. The van der Waals surface area contributed by atoms with Gasteiger partial charge in [-0.05, 0) is 28.1 Å². The molecule has 1 fully saturated rings. The predicted molar refractivity (Wildman–Crippen MR) is 81.5 cm³/mol. The lowest BCUT2D eigenvalue weighted by Crippen LogP contribution is -2.27.